The topological polar surface area (TPSA) is 26.0 Å². The third kappa shape index (κ3) is 4.81. The summed E-state index contributed by atoms with van der Waals surface area (Å²) in [6, 6.07) is 20.7. The number of nitrogens with two attached hydrogens (primary N) is 1. The van der Waals surface area contributed by atoms with Crippen LogP contribution in [0.1, 0.15) is 7.13 Å². The molecule has 0 radical (unpaired) electrons. The van der Waals surface area contributed by atoms with Crippen LogP contribution in [0.15, 0.2) is 60.7 Å². The van der Waals surface area contributed by atoms with Crippen molar-refractivity contribution in [3.05, 3.63) is 60.7 Å². The van der Waals surface area contributed by atoms with Crippen molar-refractivity contribution in [2.75, 3.05) is 6.16 Å². The Morgan fingerprint density at radius 3 is 1.95 bits per heavy atom. The van der Waals surface area contributed by atoms with Crippen LogP contribution in [0.3, 0.4) is 0 Å². The summed E-state index contributed by atoms with van der Waals surface area (Å²) in [4.78, 5) is 0. The first kappa shape index (κ1) is 15.9. The normalized spacial score (nSPS) is 10.6. The summed E-state index contributed by atoms with van der Waals surface area (Å²) in [5, 5.41) is 2.60. The molecule has 0 heterocycles. The van der Waals surface area contributed by atoms with E-state index < -0.39 is 7.92 Å². The molecule has 0 aliphatic heterocycles. The molecule has 22 heavy (non-hydrogen) atoms. The minimum absolute atomic E-state index is 0. The molecule has 0 bridgehead atoms. The molecule has 116 valence electrons. The van der Waals surface area contributed by atoms with Crippen molar-refractivity contribution in [2.45, 2.75) is 6.04 Å². The molecule has 0 unspecified atom stereocenters. The lowest BCUT2D eigenvalue weighted by atomic mass is 10.3. The van der Waals surface area contributed by atoms with E-state index in [1.807, 2.05) is 12.1 Å². The maximum atomic E-state index is 6.15. The van der Waals surface area contributed by atoms with Crippen LogP contribution in [0.4, 0.5) is 0 Å². The molecule has 2 N–H and O–H groups in total. The van der Waals surface area contributed by atoms with Crippen LogP contribution in [0, 0.1) is 36.0 Å². The molecule has 0 spiro atoms. The van der Waals surface area contributed by atoms with Gasteiger partial charge in [0, 0.05) is 13.3 Å². The molecule has 2 aromatic carbocycles. The van der Waals surface area contributed by atoms with Crippen LogP contribution in [0.25, 0.3) is 0 Å². The fourth-order valence-corrected chi connectivity index (χ4v) is 4.28. The third-order valence-corrected chi connectivity index (χ3v) is 5.57. The molecule has 1 atom stereocenters. The summed E-state index contributed by atoms with van der Waals surface area (Å²) < 4.78 is 0. The Kier molecular flexibility index (Phi) is 6.30. The lowest BCUT2D eigenvalue weighted by molar-refractivity contribution is 0.970. The molecule has 1 nitrogen and oxygen atoms in total. The minimum Gasteiger partial charge on any atom is -0.317 e. The fraction of sp³-hybridized carbons (Fsp3) is 0.100. The highest BCUT2D eigenvalue weighted by Crippen LogP contribution is 2.33. The smallest absolute Gasteiger partial charge is 0.0720 e. The van der Waals surface area contributed by atoms with E-state index >= 15 is 0 Å². The van der Waals surface area contributed by atoms with E-state index in [1.54, 1.807) is 0 Å². The highest BCUT2D eigenvalue weighted by molar-refractivity contribution is 7.73. The molecule has 2 rings (SSSR count). The summed E-state index contributed by atoms with van der Waals surface area (Å²) >= 11 is 0. The molecule has 0 aliphatic carbocycles. The highest BCUT2D eigenvalue weighted by Gasteiger charge is 2.15. The van der Waals surface area contributed by atoms with Crippen LogP contribution in [-0.2, 0) is 0 Å². The SMILES string of the molecule is C#CC#CC#C[C@@H](N)CP(c1ccccc1)c1ccccc1.[HH].[HH].[HH].[HH].[HH]. The third-order valence-electron chi connectivity index (χ3n) is 2.97. The largest absolute Gasteiger partial charge is 0.317 e. The number of hydrogen-bond donors (Lipinski definition) is 1. The Bertz CT molecular complexity index is 731. The van der Waals surface area contributed by atoms with Gasteiger partial charge in [0.2, 0.25) is 0 Å². The van der Waals surface area contributed by atoms with Gasteiger partial charge in [0.05, 0.1) is 6.04 Å². The fourth-order valence-electron chi connectivity index (χ4n) is 2.01. The standard InChI is InChI=1S/C20H16NP.5H2/c1-2-3-4-7-12-18(21)17-22(19-13-8-5-9-14-19)20-15-10-6-11-16-20;;;;;/h1,5-6,8-11,13-16,18H,17,21H2;5*1H/t18-;;;;;/m1...../s1. The van der Waals surface area contributed by atoms with Crippen molar-refractivity contribution in [3.8, 4) is 36.0 Å². The molecule has 0 aliphatic rings. The Morgan fingerprint density at radius 1 is 0.909 bits per heavy atom. The first-order chi connectivity index (χ1) is 10.8. The van der Waals surface area contributed by atoms with Gasteiger partial charge >= 0.3 is 0 Å². The Balaban J connectivity index is -0.000000529. The van der Waals surface area contributed by atoms with Crippen LogP contribution >= 0.6 is 7.92 Å². The lowest BCUT2D eigenvalue weighted by Gasteiger charge is -2.20. The number of benzene rings is 2. The molecule has 0 aromatic heterocycles. The number of rotatable bonds is 4. The monoisotopic (exact) mass is 311 g/mol. The molecule has 0 saturated heterocycles. The molecule has 0 saturated carbocycles. The van der Waals surface area contributed by atoms with Crippen LogP contribution < -0.4 is 16.3 Å². The summed E-state index contributed by atoms with van der Waals surface area (Å²) in [5.74, 6) is 13.0. The van der Waals surface area contributed by atoms with Crippen molar-refractivity contribution >= 4 is 18.5 Å². The summed E-state index contributed by atoms with van der Waals surface area (Å²) in [5.41, 5.74) is 6.15. The molecular weight excluding hydrogens is 285 g/mol. The van der Waals surface area contributed by atoms with Crippen LogP contribution in [0.2, 0.25) is 0 Å². The quantitative estimate of drug-likeness (QED) is 0.680. The predicted octanol–water partition coefficient (Wildman–Crippen LogP) is 3.32. The molecule has 0 amide bonds. The van der Waals surface area contributed by atoms with Gasteiger partial charge in [0.15, 0.2) is 0 Å². The average molecular weight is 311 g/mol. The maximum absolute atomic E-state index is 6.15. The van der Waals surface area contributed by atoms with Crippen molar-refractivity contribution < 1.29 is 7.13 Å². The average Bonchev–Trinajstić information content (AvgIpc) is 2.58. The van der Waals surface area contributed by atoms with Gasteiger partial charge < -0.3 is 5.73 Å². The van der Waals surface area contributed by atoms with Gasteiger partial charge in [-0.25, -0.2) is 0 Å². The van der Waals surface area contributed by atoms with Crippen molar-refractivity contribution in [2.24, 2.45) is 5.73 Å². The van der Waals surface area contributed by atoms with Gasteiger partial charge in [-0.2, -0.15) is 0 Å². The predicted molar refractivity (Wildman–Crippen MR) is 107 cm³/mol. The van der Waals surface area contributed by atoms with E-state index in [1.165, 1.54) is 10.6 Å². The first-order valence-corrected chi connectivity index (χ1v) is 8.43. The summed E-state index contributed by atoms with van der Waals surface area (Å²) in [6.45, 7) is 0. The van der Waals surface area contributed by atoms with E-state index in [2.05, 4.69) is 78.1 Å². The van der Waals surface area contributed by atoms with E-state index in [-0.39, 0.29) is 13.2 Å². The van der Waals surface area contributed by atoms with E-state index in [0.717, 1.165) is 6.16 Å². The molecule has 2 aromatic rings. The van der Waals surface area contributed by atoms with E-state index in [0.29, 0.717) is 0 Å². The van der Waals surface area contributed by atoms with Gasteiger partial charge in [-0.15, -0.1) is 6.42 Å². The molecule has 2 heteroatoms. The van der Waals surface area contributed by atoms with Crippen molar-refractivity contribution in [1.82, 2.24) is 0 Å². The van der Waals surface area contributed by atoms with Gasteiger partial charge in [-0.05, 0) is 42.2 Å². The van der Waals surface area contributed by atoms with Gasteiger partial charge in [0.1, 0.15) is 0 Å². The number of hydrogen-bond acceptors (Lipinski definition) is 1. The van der Waals surface area contributed by atoms with Crippen molar-refractivity contribution in [1.29, 1.82) is 0 Å². The maximum Gasteiger partial charge on any atom is 0.0720 e. The Hall–Kier alpha value is -2.49. The molecule has 0 fully saturated rings. The van der Waals surface area contributed by atoms with E-state index in [4.69, 9.17) is 12.2 Å². The minimum atomic E-state index is -0.531. The number of terminal acetylenes is 1. The summed E-state index contributed by atoms with van der Waals surface area (Å²) in [6.07, 6.45) is 5.86. The zero-order chi connectivity index (χ0) is 15.6. The first-order valence-electron chi connectivity index (χ1n) is 6.90. The second kappa shape index (κ2) is 8.72. The molecular formula is C20H26NP. The van der Waals surface area contributed by atoms with Crippen LogP contribution in [-0.4, -0.2) is 12.2 Å². The highest BCUT2D eigenvalue weighted by atomic mass is 31.1. The second-order valence-corrected chi connectivity index (χ2v) is 6.81. The van der Waals surface area contributed by atoms with E-state index in [9.17, 15) is 0 Å². The summed E-state index contributed by atoms with van der Waals surface area (Å²) in [7, 11) is -0.531. The van der Waals surface area contributed by atoms with Gasteiger partial charge in [-0.3, -0.25) is 0 Å². The van der Waals surface area contributed by atoms with Crippen LogP contribution in [0.5, 0.6) is 0 Å². The van der Waals surface area contributed by atoms with Gasteiger partial charge in [-0.1, -0.05) is 66.6 Å². The zero-order valence-corrected chi connectivity index (χ0v) is 13.1. The zero-order valence-electron chi connectivity index (χ0n) is 12.2. The Labute approximate surface area is 141 Å². The second-order valence-electron chi connectivity index (χ2n) is 4.55. The van der Waals surface area contributed by atoms with Crippen molar-refractivity contribution in [3.63, 3.8) is 0 Å². The van der Waals surface area contributed by atoms with Gasteiger partial charge in [0.25, 0.3) is 0 Å². The Morgan fingerprint density at radius 2 is 1.45 bits per heavy atom. The lowest BCUT2D eigenvalue weighted by Crippen LogP contribution is -2.27.